The van der Waals surface area contributed by atoms with Crippen molar-refractivity contribution in [3.05, 3.63) is 70.6 Å². The van der Waals surface area contributed by atoms with Crippen molar-refractivity contribution in [3.8, 4) is 22.6 Å². The molecule has 10 nitrogen and oxygen atoms in total. The highest BCUT2D eigenvalue weighted by Crippen LogP contribution is 2.35. The number of carbonyl (C=O) groups is 1. The Bertz CT molecular complexity index is 1370. The summed E-state index contributed by atoms with van der Waals surface area (Å²) in [7, 11) is 0. The molecule has 0 saturated carbocycles. The van der Waals surface area contributed by atoms with Crippen molar-refractivity contribution in [1.82, 2.24) is 25.3 Å². The Balaban J connectivity index is 1.41. The Morgan fingerprint density at radius 2 is 2.00 bits per heavy atom. The molecule has 38 heavy (non-hydrogen) atoms. The lowest BCUT2D eigenvalue weighted by Gasteiger charge is -2.35. The van der Waals surface area contributed by atoms with E-state index in [9.17, 15) is 9.18 Å². The summed E-state index contributed by atoms with van der Waals surface area (Å²) in [6.45, 7) is 3.38. The number of amides is 1. The van der Waals surface area contributed by atoms with Crippen LogP contribution >= 0.6 is 11.3 Å². The van der Waals surface area contributed by atoms with Crippen LogP contribution in [0.4, 0.5) is 10.3 Å². The van der Waals surface area contributed by atoms with Crippen LogP contribution in [0.1, 0.15) is 23.9 Å². The Hall–Kier alpha value is -3.71. The van der Waals surface area contributed by atoms with E-state index in [2.05, 4.69) is 25.6 Å². The summed E-state index contributed by atoms with van der Waals surface area (Å²) < 4.78 is 25.5. The van der Waals surface area contributed by atoms with Crippen LogP contribution in [0.5, 0.6) is 0 Å². The number of imidazole rings is 1. The van der Waals surface area contributed by atoms with Crippen molar-refractivity contribution in [1.29, 1.82) is 0 Å². The zero-order valence-corrected chi connectivity index (χ0v) is 21.6. The van der Waals surface area contributed by atoms with Crippen molar-refractivity contribution in [3.63, 3.8) is 0 Å². The average Bonchev–Trinajstić information content (AvgIpc) is 3.62. The van der Waals surface area contributed by atoms with Gasteiger partial charge in [0.25, 0.3) is 0 Å². The first kappa shape index (κ1) is 25.9. The molecule has 1 aliphatic heterocycles. The van der Waals surface area contributed by atoms with Gasteiger partial charge in [0, 0.05) is 29.7 Å². The van der Waals surface area contributed by atoms with E-state index < -0.39 is 11.7 Å². The number of anilines is 1. The van der Waals surface area contributed by atoms with E-state index in [1.54, 1.807) is 42.7 Å². The first-order valence-corrected chi connectivity index (χ1v) is 13.0. The fourth-order valence-electron chi connectivity index (χ4n) is 3.96. The van der Waals surface area contributed by atoms with E-state index in [1.165, 1.54) is 12.1 Å². The second-order valence-electron chi connectivity index (χ2n) is 9.11. The Kier molecular flexibility index (Phi) is 7.74. The summed E-state index contributed by atoms with van der Waals surface area (Å²) in [5, 5.41) is 8.04. The van der Waals surface area contributed by atoms with Crippen LogP contribution in [0.3, 0.4) is 0 Å². The molecule has 1 fully saturated rings. The van der Waals surface area contributed by atoms with Crippen molar-refractivity contribution in [2.24, 2.45) is 11.1 Å². The molecule has 12 heteroatoms. The molecule has 1 saturated heterocycles. The first-order valence-electron chi connectivity index (χ1n) is 12.1. The van der Waals surface area contributed by atoms with Crippen molar-refractivity contribution in [2.45, 2.75) is 19.8 Å². The smallest absolute Gasteiger partial charge is 0.230 e. The van der Waals surface area contributed by atoms with E-state index in [1.807, 2.05) is 17.5 Å². The topological polar surface area (TPSA) is 140 Å². The van der Waals surface area contributed by atoms with Gasteiger partial charge in [0.15, 0.2) is 5.82 Å². The lowest BCUT2D eigenvalue weighted by atomic mass is 9.91. The normalized spacial score (nSPS) is 19.3. The quantitative estimate of drug-likeness (QED) is 0.254. The number of H-pyrrole nitrogens is 1. The van der Waals surface area contributed by atoms with Gasteiger partial charge in [-0.15, -0.1) is 11.3 Å². The van der Waals surface area contributed by atoms with Crippen molar-refractivity contribution in [2.75, 3.05) is 31.6 Å². The molecule has 1 aliphatic rings. The van der Waals surface area contributed by atoms with E-state index >= 15 is 0 Å². The largest absolute Gasteiger partial charge is 0.354 e. The van der Waals surface area contributed by atoms with Gasteiger partial charge in [0.2, 0.25) is 18.1 Å². The number of aromatic amines is 1. The number of nitrogens with one attached hydrogen (secondary N) is 3. The summed E-state index contributed by atoms with van der Waals surface area (Å²) in [6, 6.07) is 11.8. The molecule has 4 heterocycles. The zero-order chi connectivity index (χ0) is 26.5. The minimum atomic E-state index is -0.851. The highest BCUT2D eigenvalue weighted by atomic mass is 32.1. The number of carbonyl (C=O) groups excluding carboxylic acids is 1. The summed E-state index contributed by atoms with van der Waals surface area (Å²) in [5.41, 5.74) is 7.09. The van der Waals surface area contributed by atoms with E-state index in [0.717, 1.165) is 4.88 Å². The minimum absolute atomic E-state index is 0.139. The molecule has 4 aromatic rings. The zero-order valence-electron chi connectivity index (χ0n) is 20.7. The number of ether oxygens (including phenoxy) is 2. The predicted molar refractivity (Wildman–Crippen MR) is 141 cm³/mol. The number of hydrogen-bond donors (Lipinski definition) is 4. The molecule has 0 spiro atoms. The molecular formula is C26H28FN7O3S. The monoisotopic (exact) mass is 537 g/mol. The second kappa shape index (κ2) is 11.4. The maximum atomic E-state index is 13.7. The average molecular weight is 538 g/mol. The molecule has 5 N–H and O–H groups in total. The first-order chi connectivity index (χ1) is 18.4. The van der Waals surface area contributed by atoms with Gasteiger partial charge in [-0.2, -0.15) is 0 Å². The van der Waals surface area contributed by atoms with Crippen LogP contribution in [-0.2, 0) is 20.8 Å². The lowest BCUT2D eigenvalue weighted by molar-refractivity contribution is -0.231. The molecule has 0 atom stereocenters. The van der Waals surface area contributed by atoms with Gasteiger partial charge in [0.05, 0.1) is 42.3 Å². The van der Waals surface area contributed by atoms with Crippen LogP contribution in [-0.4, -0.2) is 52.1 Å². The van der Waals surface area contributed by atoms with Crippen LogP contribution in [0.2, 0.25) is 0 Å². The molecule has 0 radical (unpaired) electrons. The minimum Gasteiger partial charge on any atom is -0.354 e. The van der Waals surface area contributed by atoms with Crippen LogP contribution < -0.4 is 16.4 Å². The van der Waals surface area contributed by atoms with Gasteiger partial charge in [-0.05, 0) is 48.7 Å². The summed E-state index contributed by atoms with van der Waals surface area (Å²) in [5.74, 6) is 0.341. The molecular weight excluding hydrogens is 509 g/mol. The Morgan fingerprint density at radius 3 is 2.71 bits per heavy atom. The molecule has 198 valence electrons. The third kappa shape index (κ3) is 5.73. The van der Waals surface area contributed by atoms with Gasteiger partial charge < -0.3 is 30.8 Å². The number of aromatic nitrogens is 4. The number of nitrogens with zero attached hydrogens (tertiary/aromatic N) is 3. The van der Waals surface area contributed by atoms with E-state index in [4.69, 9.17) is 20.2 Å². The summed E-state index contributed by atoms with van der Waals surface area (Å²) >= 11 is 1.64. The molecule has 0 unspecified atom stereocenters. The maximum Gasteiger partial charge on any atom is 0.230 e. The number of halogens is 1. The molecule has 0 bridgehead atoms. The lowest BCUT2D eigenvalue weighted by Crippen LogP contribution is -2.49. The van der Waals surface area contributed by atoms with Crippen molar-refractivity contribution >= 4 is 23.2 Å². The van der Waals surface area contributed by atoms with Gasteiger partial charge in [-0.1, -0.05) is 6.07 Å². The standard InChI is InChI=1S/C26H28FN7O3S/c1-26(24(35)29-11-9-28)14-36-23(37-15-26)22-33-20(16-4-6-17(27)7-5-16)21(34-22)19-8-10-30-25(32-19)31-13-18-3-2-12-38-18/h2-8,10,12,23H,9,11,13-15,28H2,1H3,(H,29,35)(H,33,34)(H,30,31,32). The fourth-order valence-corrected chi connectivity index (χ4v) is 4.61. The van der Waals surface area contributed by atoms with E-state index in [0.29, 0.717) is 54.1 Å². The Labute approximate surface area is 222 Å². The van der Waals surface area contributed by atoms with Crippen molar-refractivity contribution < 1.29 is 18.7 Å². The maximum absolute atomic E-state index is 13.7. The third-order valence-electron chi connectivity index (χ3n) is 6.06. The Morgan fingerprint density at radius 1 is 1.21 bits per heavy atom. The van der Waals surface area contributed by atoms with E-state index in [-0.39, 0.29) is 24.9 Å². The molecule has 3 aromatic heterocycles. The van der Waals surface area contributed by atoms with Gasteiger partial charge >= 0.3 is 0 Å². The number of thiophene rings is 1. The molecule has 1 amide bonds. The fraction of sp³-hybridized carbons (Fsp3) is 0.308. The number of benzene rings is 1. The van der Waals surface area contributed by atoms with Gasteiger partial charge in [-0.3, -0.25) is 4.79 Å². The highest BCUT2D eigenvalue weighted by molar-refractivity contribution is 7.09. The predicted octanol–water partition coefficient (Wildman–Crippen LogP) is 3.47. The highest BCUT2D eigenvalue weighted by Gasteiger charge is 2.40. The molecule has 1 aromatic carbocycles. The van der Waals surface area contributed by atoms with Gasteiger partial charge in [0.1, 0.15) is 5.82 Å². The number of hydrogen-bond acceptors (Lipinski definition) is 9. The van der Waals surface area contributed by atoms with Crippen LogP contribution in [0, 0.1) is 11.2 Å². The van der Waals surface area contributed by atoms with Gasteiger partial charge in [-0.25, -0.2) is 19.3 Å². The van der Waals surface area contributed by atoms with Crippen LogP contribution in [0.25, 0.3) is 22.6 Å². The number of nitrogens with two attached hydrogens (primary N) is 1. The van der Waals surface area contributed by atoms with Crippen LogP contribution in [0.15, 0.2) is 54.0 Å². The molecule has 0 aliphatic carbocycles. The summed E-state index contributed by atoms with van der Waals surface area (Å²) in [4.78, 5) is 30.7. The summed E-state index contributed by atoms with van der Waals surface area (Å²) in [6.07, 6.45) is 0.837. The number of rotatable bonds is 9. The third-order valence-corrected chi connectivity index (χ3v) is 6.94. The molecule has 5 rings (SSSR count). The second-order valence-corrected chi connectivity index (χ2v) is 10.1. The SMILES string of the molecule is CC1(C(=O)NCCN)COC(c2nc(-c3ccc(F)cc3)c(-c3ccnc(NCc4cccs4)n3)[nH]2)OC1.